The van der Waals surface area contributed by atoms with Crippen molar-refractivity contribution in [3.63, 3.8) is 0 Å². The summed E-state index contributed by atoms with van der Waals surface area (Å²) in [6.07, 6.45) is 0.697. The number of nitrogens with zero attached hydrogens (tertiary/aromatic N) is 1. The Morgan fingerprint density at radius 2 is 2.00 bits per heavy atom. The molecule has 0 radical (unpaired) electrons. The van der Waals surface area contributed by atoms with Crippen molar-refractivity contribution in [3.8, 4) is 0 Å². The van der Waals surface area contributed by atoms with E-state index in [2.05, 4.69) is 10.6 Å². The van der Waals surface area contributed by atoms with Crippen LogP contribution in [0.3, 0.4) is 0 Å². The Kier molecular flexibility index (Phi) is 4.37. The number of urea groups is 1. The second-order valence-electron chi connectivity index (χ2n) is 6.40. The minimum Gasteiger partial charge on any atom is -0.333 e. The molecular formula is C15H23N3O3S. The van der Waals surface area contributed by atoms with Crippen molar-refractivity contribution in [1.29, 1.82) is 0 Å². The summed E-state index contributed by atoms with van der Waals surface area (Å²) in [6.45, 7) is 7.77. The van der Waals surface area contributed by atoms with Gasteiger partial charge in [0.15, 0.2) is 0 Å². The molecule has 0 aliphatic carbocycles. The lowest BCUT2D eigenvalue weighted by Crippen LogP contribution is -2.43. The highest BCUT2D eigenvalue weighted by molar-refractivity contribution is 7.92. The van der Waals surface area contributed by atoms with E-state index in [-0.39, 0.29) is 17.3 Å². The molecule has 0 fully saturated rings. The van der Waals surface area contributed by atoms with Gasteiger partial charge in [0.25, 0.3) is 0 Å². The SMILES string of the molecule is CCS(=O)(=O)N1CCc2ccc(NC(=O)NC(C)(C)C)cc21. The first-order chi connectivity index (χ1) is 10.1. The fourth-order valence-corrected chi connectivity index (χ4v) is 3.53. The number of nitrogens with one attached hydrogen (secondary N) is 2. The third-order valence-electron chi connectivity index (χ3n) is 3.39. The number of anilines is 2. The molecule has 0 atom stereocenters. The van der Waals surface area contributed by atoms with E-state index < -0.39 is 10.0 Å². The smallest absolute Gasteiger partial charge is 0.319 e. The first-order valence-corrected chi connectivity index (χ1v) is 8.96. The van der Waals surface area contributed by atoms with Crippen molar-refractivity contribution >= 4 is 27.4 Å². The maximum Gasteiger partial charge on any atom is 0.319 e. The van der Waals surface area contributed by atoms with Crippen LogP contribution in [0.1, 0.15) is 33.3 Å². The van der Waals surface area contributed by atoms with Gasteiger partial charge in [-0.1, -0.05) is 6.07 Å². The Labute approximate surface area is 131 Å². The van der Waals surface area contributed by atoms with Gasteiger partial charge in [0.2, 0.25) is 10.0 Å². The number of sulfonamides is 1. The number of carbonyl (C=O) groups is 1. The van der Waals surface area contributed by atoms with Crippen LogP contribution in [0.15, 0.2) is 18.2 Å². The van der Waals surface area contributed by atoms with E-state index in [1.54, 1.807) is 19.1 Å². The van der Waals surface area contributed by atoms with E-state index in [0.29, 0.717) is 24.3 Å². The molecule has 0 unspecified atom stereocenters. The zero-order valence-electron chi connectivity index (χ0n) is 13.4. The molecule has 1 heterocycles. The van der Waals surface area contributed by atoms with Gasteiger partial charge in [0.1, 0.15) is 0 Å². The predicted octanol–water partition coefficient (Wildman–Crippen LogP) is 2.32. The molecule has 1 aliphatic heterocycles. The second-order valence-corrected chi connectivity index (χ2v) is 8.58. The summed E-state index contributed by atoms with van der Waals surface area (Å²) in [7, 11) is -3.28. The predicted molar refractivity (Wildman–Crippen MR) is 88.9 cm³/mol. The van der Waals surface area contributed by atoms with Crippen molar-refractivity contribution in [1.82, 2.24) is 5.32 Å². The van der Waals surface area contributed by atoms with Crippen LogP contribution < -0.4 is 14.9 Å². The third-order valence-corrected chi connectivity index (χ3v) is 5.17. The molecule has 2 rings (SSSR count). The standard InChI is InChI=1S/C15H23N3O3S/c1-5-22(20,21)18-9-8-11-6-7-12(10-13(11)18)16-14(19)17-15(2,3)4/h6-7,10H,5,8-9H2,1-4H3,(H2,16,17,19). The zero-order chi connectivity index (χ0) is 16.5. The third kappa shape index (κ3) is 3.71. The zero-order valence-corrected chi connectivity index (χ0v) is 14.3. The van der Waals surface area contributed by atoms with E-state index in [0.717, 1.165) is 5.56 Å². The lowest BCUT2D eigenvalue weighted by molar-refractivity contribution is 0.244. The quantitative estimate of drug-likeness (QED) is 0.895. The highest BCUT2D eigenvalue weighted by Gasteiger charge is 2.28. The van der Waals surface area contributed by atoms with Gasteiger partial charge in [-0.05, 0) is 51.8 Å². The van der Waals surface area contributed by atoms with E-state index >= 15 is 0 Å². The number of fused-ring (bicyclic) bond motifs is 1. The van der Waals surface area contributed by atoms with E-state index in [9.17, 15) is 13.2 Å². The van der Waals surface area contributed by atoms with Crippen molar-refractivity contribution < 1.29 is 13.2 Å². The van der Waals surface area contributed by atoms with Crippen LogP contribution in [0.5, 0.6) is 0 Å². The Bertz CT molecular complexity index is 678. The van der Waals surface area contributed by atoms with Gasteiger partial charge in [0, 0.05) is 17.8 Å². The summed E-state index contributed by atoms with van der Waals surface area (Å²) < 4.78 is 25.6. The van der Waals surface area contributed by atoms with Crippen LogP contribution in [0.25, 0.3) is 0 Å². The van der Waals surface area contributed by atoms with Crippen LogP contribution in [0, 0.1) is 0 Å². The Balaban J connectivity index is 2.21. The molecule has 1 aliphatic rings. The fourth-order valence-electron chi connectivity index (χ4n) is 2.38. The molecule has 0 spiro atoms. The molecule has 1 aromatic carbocycles. The molecule has 0 saturated heterocycles. The molecular weight excluding hydrogens is 302 g/mol. The molecule has 2 amide bonds. The lowest BCUT2D eigenvalue weighted by Gasteiger charge is -2.22. The summed E-state index contributed by atoms with van der Waals surface area (Å²) in [5, 5.41) is 5.55. The molecule has 2 N–H and O–H groups in total. The van der Waals surface area contributed by atoms with Crippen molar-refractivity contribution in [3.05, 3.63) is 23.8 Å². The van der Waals surface area contributed by atoms with Crippen molar-refractivity contribution in [2.45, 2.75) is 39.7 Å². The molecule has 6 nitrogen and oxygen atoms in total. The largest absolute Gasteiger partial charge is 0.333 e. The van der Waals surface area contributed by atoms with E-state index in [1.165, 1.54) is 4.31 Å². The molecule has 7 heteroatoms. The number of hydrogen-bond donors (Lipinski definition) is 2. The van der Waals surface area contributed by atoms with Crippen molar-refractivity contribution in [2.75, 3.05) is 21.9 Å². The van der Waals surface area contributed by atoms with Crippen LogP contribution in [-0.4, -0.2) is 32.3 Å². The Hall–Kier alpha value is -1.76. The Morgan fingerprint density at radius 3 is 2.59 bits per heavy atom. The van der Waals surface area contributed by atoms with Crippen LogP contribution in [-0.2, 0) is 16.4 Å². The van der Waals surface area contributed by atoms with Crippen LogP contribution in [0.2, 0.25) is 0 Å². The Morgan fingerprint density at radius 1 is 1.32 bits per heavy atom. The molecule has 0 bridgehead atoms. The summed E-state index contributed by atoms with van der Waals surface area (Å²) in [4.78, 5) is 11.9. The topological polar surface area (TPSA) is 78.5 Å². The molecule has 0 saturated carbocycles. The van der Waals surface area contributed by atoms with Crippen LogP contribution in [0.4, 0.5) is 16.2 Å². The minimum absolute atomic E-state index is 0.0641. The number of rotatable bonds is 3. The fraction of sp³-hybridized carbons (Fsp3) is 0.533. The number of benzene rings is 1. The average molecular weight is 325 g/mol. The number of hydrogen-bond acceptors (Lipinski definition) is 3. The summed E-state index contributed by atoms with van der Waals surface area (Å²) in [5.41, 5.74) is 1.89. The lowest BCUT2D eigenvalue weighted by atomic mass is 10.1. The second kappa shape index (κ2) is 5.79. The van der Waals surface area contributed by atoms with Gasteiger partial charge in [-0.25, -0.2) is 13.2 Å². The molecule has 122 valence electrons. The van der Waals surface area contributed by atoms with Gasteiger partial charge >= 0.3 is 6.03 Å². The minimum atomic E-state index is -3.28. The average Bonchev–Trinajstić information content (AvgIpc) is 2.80. The normalized spacial score (nSPS) is 14.6. The van der Waals surface area contributed by atoms with E-state index in [4.69, 9.17) is 0 Å². The molecule has 1 aromatic rings. The first kappa shape index (κ1) is 16.6. The van der Waals surface area contributed by atoms with Gasteiger partial charge in [0.05, 0.1) is 11.4 Å². The van der Waals surface area contributed by atoms with Gasteiger partial charge in [-0.2, -0.15) is 0 Å². The molecule has 0 aromatic heterocycles. The summed E-state index contributed by atoms with van der Waals surface area (Å²) in [5.74, 6) is 0.0641. The molecule has 22 heavy (non-hydrogen) atoms. The highest BCUT2D eigenvalue weighted by atomic mass is 32.2. The van der Waals surface area contributed by atoms with E-state index in [1.807, 2.05) is 26.8 Å². The van der Waals surface area contributed by atoms with Gasteiger partial charge in [-0.15, -0.1) is 0 Å². The number of amides is 2. The van der Waals surface area contributed by atoms with Crippen LogP contribution >= 0.6 is 0 Å². The summed E-state index contributed by atoms with van der Waals surface area (Å²) in [6, 6.07) is 5.07. The number of carbonyl (C=O) groups excluding carboxylic acids is 1. The van der Waals surface area contributed by atoms with Crippen molar-refractivity contribution in [2.24, 2.45) is 0 Å². The summed E-state index contributed by atoms with van der Waals surface area (Å²) >= 11 is 0. The maximum absolute atomic E-state index is 12.1. The highest BCUT2D eigenvalue weighted by Crippen LogP contribution is 2.33. The monoisotopic (exact) mass is 325 g/mol. The maximum atomic E-state index is 12.1. The van der Waals surface area contributed by atoms with Gasteiger partial charge < -0.3 is 10.6 Å². The first-order valence-electron chi connectivity index (χ1n) is 7.35. The van der Waals surface area contributed by atoms with Gasteiger partial charge in [-0.3, -0.25) is 4.31 Å².